The maximum Gasteiger partial charge on any atom is 0.177 e. The van der Waals surface area contributed by atoms with Gasteiger partial charge in [0.15, 0.2) is 5.08 Å². The summed E-state index contributed by atoms with van der Waals surface area (Å²) in [6.07, 6.45) is 0. The quantitative estimate of drug-likeness (QED) is 0.650. The first-order valence-electron chi connectivity index (χ1n) is 1.21. The fourth-order valence-corrected chi connectivity index (χ4v) is 0. The van der Waals surface area contributed by atoms with E-state index in [-0.39, 0.29) is 3.74 Å². The van der Waals surface area contributed by atoms with Gasteiger partial charge in [-0.25, -0.2) is 4.39 Å². The van der Waals surface area contributed by atoms with Crippen LogP contribution in [0.15, 0.2) is 0 Å². The number of rotatable bonds is 1. The molecular formula is C2H2Br3F. The average molecular weight is 285 g/mol. The highest BCUT2D eigenvalue weighted by Gasteiger charge is 2.07. The van der Waals surface area contributed by atoms with Gasteiger partial charge in [-0.3, -0.25) is 0 Å². The number of hydrogen-bond acceptors (Lipinski definition) is 0. The zero-order chi connectivity index (χ0) is 5.15. The van der Waals surface area contributed by atoms with E-state index in [0.717, 1.165) is 0 Å². The molecule has 0 aliphatic heterocycles. The van der Waals surface area contributed by atoms with Crippen LogP contribution in [-0.2, 0) is 0 Å². The standard InChI is InChI=1S/C2H2Br3F/c3-1(4)2(5)6/h1-2H. The van der Waals surface area contributed by atoms with Crippen LogP contribution in [-0.4, -0.2) is 8.82 Å². The lowest BCUT2D eigenvalue weighted by Gasteiger charge is -1.94. The molecule has 0 rings (SSSR count). The zero-order valence-electron chi connectivity index (χ0n) is 2.67. The third-order valence-electron chi connectivity index (χ3n) is 0.190. The summed E-state index contributed by atoms with van der Waals surface area (Å²) in [4.78, 5) is 0. The van der Waals surface area contributed by atoms with E-state index >= 15 is 0 Å². The van der Waals surface area contributed by atoms with Gasteiger partial charge in [-0.2, -0.15) is 0 Å². The molecular weight excluding hydrogens is 283 g/mol. The van der Waals surface area contributed by atoms with Crippen molar-refractivity contribution in [3.05, 3.63) is 0 Å². The van der Waals surface area contributed by atoms with Gasteiger partial charge in [0.2, 0.25) is 0 Å². The van der Waals surface area contributed by atoms with E-state index in [9.17, 15) is 4.39 Å². The normalized spacial score (nSPS) is 15.5. The van der Waals surface area contributed by atoms with Crippen LogP contribution in [0.5, 0.6) is 0 Å². The lowest BCUT2D eigenvalue weighted by molar-refractivity contribution is 0.492. The van der Waals surface area contributed by atoms with Crippen LogP contribution in [0.2, 0.25) is 0 Å². The molecule has 4 heteroatoms. The first kappa shape index (κ1) is 7.37. The van der Waals surface area contributed by atoms with Gasteiger partial charge < -0.3 is 0 Å². The van der Waals surface area contributed by atoms with Gasteiger partial charge in [-0.15, -0.1) is 0 Å². The summed E-state index contributed by atoms with van der Waals surface area (Å²) in [5, 5.41) is -1.00. The van der Waals surface area contributed by atoms with Crippen LogP contribution in [0.25, 0.3) is 0 Å². The molecule has 0 aromatic heterocycles. The van der Waals surface area contributed by atoms with E-state index in [1.165, 1.54) is 0 Å². The molecule has 0 nitrogen and oxygen atoms in total. The number of halogens is 4. The third kappa shape index (κ3) is 3.56. The molecule has 0 amide bonds. The molecule has 0 radical (unpaired) electrons. The average Bonchev–Trinajstić information content (AvgIpc) is 1.36. The van der Waals surface area contributed by atoms with Crippen LogP contribution in [0.3, 0.4) is 0 Å². The summed E-state index contributed by atoms with van der Waals surface area (Å²) in [5.41, 5.74) is 0. The van der Waals surface area contributed by atoms with E-state index in [1.54, 1.807) is 0 Å². The van der Waals surface area contributed by atoms with Gasteiger partial charge in [0, 0.05) is 0 Å². The second-order valence-corrected chi connectivity index (χ2v) is 4.75. The molecule has 0 heterocycles. The minimum atomic E-state index is -1.00. The zero-order valence-corrected chi connectivity index (χ0v) is 7.42. The Morgan fingerprint density at radius 1 is 1.17 bits per heavy atom. The molecule has 0 N–H and O–H groups in total. The highest BCUT2D eigenvalue weighted by atomic mass is 79.9. The Morgan fingerprint density at radius 3 is 1.33 bits per heavy atom. The molecule has 0 bridgehead atoms. The van der Waals surface area contributed by atoms with Crippen LogP contribution >= 0.6 is 47.8 Å². The molecule has 0 aliphatic rings. The molecule has 6 heavy (non-hydrogen) atoms. The van der Waals surface area contributed by atoms with Crippen molar-refractivity contribution in [2.24, 2.45) is 0 Å². The molecule has 0 saturated carbocycles. The summed E-state index contributed by atoms with van der Waals surface area (Å²) >= 11 is 8.55. The second-order valence-electron chi connectivity index (χ2n) is 0.669. The van der Waals surface area contributed by atoms with E-state index < -0.39 is 5.08 Å². The Bertz CT molecular complexity index is 29.8. The monoisotopic (exact) mass is 282 g/mol. The lowest BCUT2D eigenvalue weighted by atomic mass is 10.9. The first-order chi connectivity index (χ1) is 2.64. The van der Waals surface area contributed by atoms with Crippen LogP contribution < -0.4 is 0 Å². The Labute approximate surface area is 60.9 Å². The largest absolute Gasteiger partial charge is 0.233 e. The van der Waals surface area contributed by atoms with Gasteiger partial charge in [0.1, 0.15) is 3.74 Å². The Balaban J connectivity index is 2.99. The summed E-state index contributed by atoms with van der Waals surface area (Å²) in [6, 6.07) is 0. The molecule has 0 spiro atoms. The van der Waals surface area contributed by atoms with E-state index in [4.69, 9.17) is 0 Å². The Morgan fingerprint density at radius 2 is 1.33 bits per heavy atom. The highest BCUT2D eigenvalue weighted by molar-refractivity contribution is 9.25. The summed E-state index contributed by atoms with van der Waals surface area (Å²) in [6.45, 7) is 0. The number of hydrogen-bond donors (Lipinski definition) is 0. The summed E-state index contributed by atoms with van der Waals surface area (Å²) < 4.78 is 11.4. The minimum Gasteiger partial charge on any atom is -0.233 e. The van der Waals surface area contributed by atoms with Crippen molar-refractivity contribution in [2.45, 2.75) is 8.82 Å². The molecule has 1 unspecified atom stereocenters. The SMILES string of the molecule is FC(Br)C(Br)Br. The Hall–Kier alpha value is 1.37. The predicted molar refractivity (Wildman–Crippen MR) is 35.5 cm³/mol. The molecule has 0 aromatic carbocycles. The van der Waals surface area contributed by atoms with Crippen LogP contribution in [0.1, 0.15) is 0 Å². The summed E-state index contributed by atoms with van der Waals surface area (Å²) in [5.74, 6) is 0. The van der Waals surface area contributed by atoms with Gasteiger partial charge in [0.25, 0.3) is 0 Å². The molecule has 0 saturated heterocycles. The third-order valence-corrected chi connectivity index (χ3v) is 3.07. The van der Waals surface area contributed by atoms with E-state index in [1.807, 2.05) is 0 Å². The van der Waals surface area contributed by atoms with E-state index in [2.05, 4.69) is 47.8 Å². The fourth-order valence-electron chi connectivity index (χ4n) is 0. The van der Waals surface area contributed by atoms with Crippen molar-refractivity contribution in [2.75, 3.05) is 0 Å². The minimum absolute atomic E-state index is 0.273. The number of alkyl halides is 4. The van der Waals surface area contributed by atoms with Gasteiger partial charge in [-0.05, 0) is 15.9 Å². The fraction of sp³-hybridized carbons (Fsp3) is 1.00. The molecule has 38 valence electrons. The van der Waals surface area contributed by atoms with Gasteiger partial charge >= 0.3 is 0 Å². The highest BCUT2D eigenvalue weighted by Crippen LogP contribution is 2.20. The molecule has 0 aromatic rings. The van der Waals surface area contributed by atoms with Crippen molar-refractivity contribution in [1.82, 2.24) is 0 Å². The van der Waals surface area contributed by atoms with Crippen LogP contribution in [0.4, 0.5) is 4.39 Å². The van der Waals surface area contributed by atoms with Gasteiger partial charge in [-0.1, -0.05) is 31.9 Å². The van der Waals surface area contributed by atoms with Crippen molar-refractivity contribution < 1.29 is 4.39 Å². The molecule has 0 aliphatic carbocycles. The smallest absolute Gasteiger partial charge is 0.177 e. The molecule has 1 atom stereocenters. The second kappa shape index (κ2) is 3.38. The van der Waals surface area contributed by atoms with Crippen LogP contribution in [0, 0.1) is 0 Å². The maximum atomic E-state index is 11.6. The summed E-state index contributed by atoms with van der Waals surface area (Å²) in [7, 11) is 0. The topological polar surface area (TPSA) is 0 Å². The van der Waals surface area contributed by atoms with Crippen molar-refractivity contribution in [1.29, 1.82) is 0 Å². The van der Waals surface area contributed by atoms with Crippen molar-refractivity contribution >= 4 is 47.8 Å². The van der Waals surface area contributed by atoms with Crippen molar-refractivity contribution in [3.63, 3.8) is 0 Å². The van der Waals surface area contributed by atoms with E-state index in [0.29, 0.717) is 0 Å². The lowest BCUT2D eigenvalue weighted by Crippen LogP contribution is -1.95. The first-order valence-corrected chi connectivity index (χ1v) is 3.95. The van der Waals surface area contributed by atoms with Gasteiger partial charge in [0.05, 0.1) is 0 Å². The van der Waals surface area contributed by atoms with Crippen molar-refractivity contribution in [3.8, 4) is 0 Å². The predicted octanol–water partition coefficient (Wildman–Crippen LogP) is 2.79. The maximum absolute atomic E-state index is 11.6. The molecule has 0 fully saturated rings. The Kier molecular flexibility index (Phi) is 4.15.